The maximum absolute atomic E-state index is 12.1. The molecule has 0 aromatic heterocycles. The van der Waals surface area contributed by atoms with Crippen LogP contribution in [0.4, 0.5) is 11.4 Å². The largest absolute Gasteiger partial charge is 0.326 e. The molecule has 1 heterocycles. The number of rotatable bonds is 4. The normalized spacial score (nSPS) is 18.3. The molecule has 1 fully saturated rings. The average molecular weight is 289 g/mol. The third-order valence-electron chi connectivity index (χ3n) is 3.55. The van der Waals surface area contributed by atoms with Gasteiger partial charge in [-0.3, -0.25) is 9.59 Å². The molecule has 5 heteroatoms. The number of hydrogen-bond donors (Lipinski definition) is 3. The second kappa shape index (κ2) is 7.22. The van der Waals surface area contributed by atoms with Gasteiger partial charge in [0, 0.05) is 17.3 Å². The number of nitrogens with one attached hydrogen (secondary N) is 3. The van der Waals surface area contributed by atoms with Crippen molar-refractivity contribution in [3.63, 3.8) is 0 Å². The van der Waals surface area contributed by atoms with Gasteiger partial charge in [-0.2, -0.15) is 0 Å². The van der Waals surface area contributed by atoms with Crippen molar-refractivity contribution in [1.82, 2.24) is 5.32 Å². The molecule has 0 radical (unpaired) electrons. The molecule has 114 valence electrons. The van der Waals surface area contributed by atoms with Gasteiger partial charge in [-0.15, -0.1) is 0 Å². The van der Waals surface area contributed by atoms with Crippen LogP contribution in [0.5, 0.6) is 0 Å². The number of benzene rings is 1. The van der Waals surface area contributed by atoms with Gasteiger partial charge in [0.1, 0.15) is 0 Å². The number of amides is 2. The van der Waals surface area contributed by atoms with Gasteiger partial charge in [-0.25, -0.2) is 0 Å². The van der Waals surface area contributed by atoms with Crippen LogP contribution >= 0.6 is 0 Å². The second-order valence-electron chi connectivity index (χ2n) is 5.72. The molecule has 1 aromatic rings. The molecule has 1 aliphatic heterocycles. The monoisotopic (exact) mass is 289 g/mol. The first-order valence-corrected chi connectivity index (χ1v) is 7.51. The van der Waals surface area contributed by atoms with E-state index in [1.807, 2.05) is 32.0 Å². The van der Waals surface area contributed by atoms with E-state index in [4.69, 9.17) is 0 Å². The quantitative estimate of drug-likeness (QED) is 0.797. The molecule has 2 rings (SSSR count). The Balaban J connectivity index is 1.97. The Morgan fingerprint density at radius 3 is 2.52 bits per heavy atom. The lowest BCUT2D eigenvalue weighted by atomic mass is 10.0. The average Bonchev–Trinajstić information content (AvgIpc) is 2.48. The SMILES string of the molecule is CC(C)C(=O)Nc1cccc(NC(=O)[C@@H]2CCCCN2)c1. The summed E-state index contributed by atoms with van der Waals surface area (Å²) >= 11 is 0. The molecule has 0 bridgehead atoms. The van der Waals surface area contributed by atoms with E-state index in [-0.39, 0.29) is 23.8 Å². The van der Waals surface area contributed by atoms with Crippen molar-refractivity contribution in [2.45, 2.75) is 39.2 Å². The van der Waals surface area contributed by atoms with Crippen LogP contribution in [-0.4, -0.2) is 24.4 Å². The first-order chi connectivity index (χ1) is 10.1. The lowest BCUT2D eigenvalue weighted by molar-refractivity contribution is -0.119. The molecule has 2 amide bonds. The van der Waals surface area contributed by atoms with Crippen molar-refractivity contribution >= 4 is 23.2 Å². The molecule has 21 heavy (non-hydrogen) atoms. The van der Waals surface area contributed by atoms with Crippen LogP contribution in [0, 0.1) is 5.92 Å². The topological polar surface area (TPSA) is 70.2 Å². The molecule has 5 nitrogen and oxygen atoms in total. The molecular weight excluding hydrogens is 266 g/mol. The number of carbonyl (C=O) groups is 2. The molecule has 3 N–H and O–H groups in total. The number of carbonyl (C=O) groups excluding carboxylic acids is 2. The minimum absolute atomic E-state index is 0.0120. The summed E-state index contributed by atoms with van der Waals surface area (Å²) in [5, 5.41) is 8.95. The molecule has 1 aromatic carbocycles. The lowest BCUT2D eigenvalue weighted by Crippen LogP contribution is -2.43. The summed E-state index contributed by atoms with van der Waals surface area (Å²) in [5.41, 5.74) is 1.40. The molecule has 1 aliphatic rings. The summed E-state index contributed by atoms with van der Waals surface area (Å²) in [7, 11) is 0. The van der Waals surface area contributed by atoms with Crippen LogP contribution in [0.3, 0.4) is 0 Å². The Kier molecular flexibility index (Phi) is 5.33. The third-order valence-corrected chi connectivity index (χ3v) is 3.55. The van der Waals surface area contributed by atoms with Gasteiger partial charge < -0.3 is 16.0 Å². The summed E-state index contributed by atoms with van der Waals surface area (Å²) in [6.07, 6.45) is 3.08. The fourth-order valence-electron chi connectivity index (χ4n) is 2.27. The van der Waals surface area contributed by atoms with E-state index in [0.29, 0.717) is 11.4 Å². The Bertz CT molecular complexity index is 508. The number of anilines is 2. The fourth-order valence-corrected chi connectivity index (χ4v) is 2.27. The van der Waals surface area contributed by atoms with Crippen LogP contribution in [0.1, 0.15) is 33.1 Å². The van der Waals surface area contributed by atoms with E-state index in [1.54, 1.807) is 6.07 Å². The predicted molar refractivity (Wildman–Crippen MR) is 84.2 cm³/mol. The van der Waals surface area contributed by atoms with Crippen LogP contribution in [-0.2, 0) is 9.59 Å². The van der Waals surface area contributed by atoms with Gasteiger partial charge in [0.2, 0.25) is 11.8 Å². The first-order valence-electron chi connectivity index (χ1n) is 7.51. The zero-order valence-corrected chi connectivity index (χ0v) is 12.6. The van der Waals surface area contributed by atoms with Crippen molar-refractivity contribution in [1.29, 1.82) is 0 Å². The summed E-state index contributed by atoms with van der Waals surface area (Å²) in [5.74, 6) is -0.121. The smallest absolute Gasteiger partial charge is 0.241 e. The number of piperidine rings is 1. The predicted octanol–water partition coefficient (Wildman–Crippen LogP) is 2.36. The van der Waals surface area contributed by atoms with Crippen LogP contribution in [0.25, 0.3) is 0 Å². The van der Waals surface area contributed by atoms with E-state index >= 15 is 0 Å². The van der Waals surface area contributed by atoms with Gasteiger partial charge in [-0.1, -0.05) is 26.3 Å². The Morgan fingerprint density at radius 2 is 1.90 bits per heavy atom. The standard InChI is InChI=1S/C16H23N3O2/c1-11(2)15(20)18-12-6-5-7-13(10-12)19-16(21)14-8-3-4-9-17-14/h5-7,10-11,14,17H,3-4,8-9H2,1-2H3,(H,18,20)(H,19,21)/t14-/m0/s1. The van der Waals surface area contributed by atoms with E-state index < -0.39 is 0 Å². The van der Waals surface area contributed by atoms with Gasteiger partial charge in [0.25, 0.3) is 0 Å². The third kappa shape index (κ3) is 4.56. The fraction of sp³-hybridized carbons (Fsp3) is 0.500. The highest BCUT2D eigenvalue weighted by Crippen LogP contribution is 2.17. The highest BCUT2D eigenvalue weighted by molar-refractivity contribution is 5.96. The zero-order chi connectivity index (χ0) is 15.2. The lowest BCUT2D eigenvalue weighted by Gasteiger charge is -2.22. The van der Waals surface area contributed by atoms with Crippen LogP contribution in [0.15, 0.2) is 24.3 Å². The molecule has 0 aliphatic carbocycles. The van der Waals surface area contributed by atoms with Gasteiger partial charge >= 0.3 is 0 Å². The van der Waals surface area contributed by atoms with Crippen molar-refractivity contribution < 1.29 is 9.59 Å². The minimum Gasteiger partial charge on any atom is -0.326 e. The Morgan fingerprint density at radius 1 is 1.19 bits per heavy atom. The first kappa shape index (κ1) is 15.5. The second-order valence-corrected chi connectivity index (χ2v) is 5.72. The van der Waals surface area contributed by atoms with Gasteiger partial charge in [0.15, 0.2) is 0 Å². The van der Waals surface area contributed by atoms with Crippen molar-refractivity contribution in [3.8, 4) is 0 Å². The highest BCUT2D eigenvalue weighted by atomic mass is 16.2. The minimum atomic E-state index is -0.118. The van der Waals surface area contributed by atoms with Crippen LogP contribution in [0.2, 0.25) is 0 Å². The van der Waals surface area contributed by atoms with E-state index in [9.17, 15) is 9.59 Å². The maximum atomic E-state index is 12.1. The number of hydrogen-bond acceptors (Lipinski definition) is 3. The van der Waals surface area contributed by atoms with E-state index in [0.717, 1.165) is 25.8 Å². The molecule has 0 saturated carbocycles. The Hall–Kier alpha value is -1.88. The van der Waals surface area contributed by atoms with Crippen LogP contribution < -0.4 is 16.0 Å². The molecule has 0 unspecified atom stereocenters. The summed E-state index contributed by atoms with van der Waals surface area (Å²) < 4.78 is 0. The molecule has 1 atom stereocenters. The molecule has 1 saturated heterocycles. The molecular formula is C16H23N3O2. The maximum Gasteiger partial charge on any atom is 0.241 e. The Labute approximate surface area is 125 Å². The van der Waals surface area contributed by atoms with E-state index in [2.05, 4.69) is 16.0 Å². The van der Waals surface area contributed by atoms with E-state index in [1.165, 1.54) is 0 Å². The zero-order valence-electron chi connectivity index (χ0n) is 12.6. The van der Waals surface area contributed by atoms with Crippen molar-refractivity contribution in [3.05, 3.63) is 24.3 Å². The summed E-state index contributed by atoms with van der Waals surface area (Å²) in [6, 6.07) is 7.12. The summed E-state index contributed by atoms with van der Waals surface area (Å²) in [4.78, 5) is 23.8. The highest BCUT2D eigenvalue weighted by Gasteiger charge is 2.20. The van der Waals surface area contributed by atoms with Gasteiger partial charge in [0.05, 0.1) is 6.04 Å². The summed E-state index contributed by atoms with van der Waals surface area (Å²) in [6.45, 7) is 4.58. The van der Waals surface area contributed by atoms with Gasteiger partial charge in [-0.05, 0) is 37.6 Å². The molecule has 0 spiro atoms. The van der Waals surface area contributed by atoms with Crippen molar-refractivity contribution in [2.24, 2.45) is 5.92 Å². The van der Waals surface area contributed by atoms with Crippen molar-refractivity contribution in [2.75, 3.05) is 17.2 Å².